The number of hydrogen-bond donors (Lipinski definition) is 1. The molecule has 3 aromatic rings. The Kier molecular flexibility index (Phi) is 5.50. The van der Waals surface area contributed by atoms with E-state index in [9.17, 15) is 4.79 Å². The summed E-state index contributed by atoms with van der Waals surface area (Å²) < 4.78 is 5.81. The number of nitrogens with one attached hydrogen (secondary N) is 1. The molecule has 3 rings (SSSR count). The van der Waals surface area contributed by atoms with Crippen molar-refractivity contribution in [3.8, 4) is 0 Å². The van der Waals surface area contributed by atoms with E-state index in [1.807, 2.05) is 12.1 Å². The Hall–Kier alpha value is -2.81. The number of carbonyl (C=O) groups is 1. The third-order valence-electron chi connectivity index (χ3n) is 5.10. The Morgan fingerprint density at radius 2 is 1.56 bits per heavy atom. The largest absolute Gasteiger partial charge is 0.456 e. The minimum absolute atomic E-state index is 0.183. The van der Waals surface area contributed by atoms with Gasteiger partial charge in [-0.1, -0.05) is 35.9 Å². The van der Waals surface area contributed by atoms with Crippen molar-refractivity contribution in [2.45, 2.75) is 47.6 Å². The molecule has 0 radical (unpaired) electrons. The summed E-state index contributed by atoms with van der Waals surface area (Å²) in [5, 5.41) is 2.94. The fourth-order valence-corrected chi connectivity index (χ4v) is 3.44. The standard InChI is InChI=1S/C24H27NO2/c1-15-10-18(4)22(19(5)11-15)13-21-8-9-23(27-21)24(26)25-14-20-7-6-16(2)17(3)12-20/h6-12H,13-14H2,1-5H3,(H,25,26). The molecule has 0 unspecified atom stereocenters. The van der Waals surface area contributed by atoms with Crippen LogP contribution in [0.5, 0.6) is 0 Å². The molecule has 140 valence electrons. The molecule has 0 saturated heterocycles. The van der Waals surface area contributed by atoms with E-state index in [-0.39, 0.29) is 5.91 Å². The van der Waals surface area contributed by atoms with Gasteiger partial charge in [-0.15, -0.1) is 0 Å². The number of rotatable bonds is 5. The molecule has 0 saturated carbocycles. The van der Waals surface area contributed by atoms with Gasteiger partial charge >= 0.3 is 0 Å². The quantitative estimate of drug-likeness (QED) is 0.666. The summed E-state index contributed by atoms with van der Waals surface area (Å²) in [7, 11) is 0. The minimum Gasteiger partial charge on any atom is -0.456 e. The van der Waals surface area contributed by atoms with Gasteiger partial charge in [0.2, 0.25) is 0 Å². The van der Waals surface area contributed by atoms with Crippen molar-refractivity contribution in [3.05, 3.63) is 92.9 Å². The molecule has 0 bridgehead atoms. The van der Waals surface area contributed by atoms with E-state index in [4.69, 9.17) is 4.42 Å². The fourth-order valence-electron chi connectivity index (χ4n) is 3.44. The molecule has 3 nitrogen and oxygen atoms in total. The normalized spacial score (nSPS) is 10.9. The molecule has 0 fully saturated rings. The zero-order valence-corrected chi connectivity index (χ0v) is 16.8. The van der Waals surface area contributed by atoms with Crippen molar-refractivity contribution >= 4 is 5.91 Å². The molecule has 1 aromatic heterocycles. The maximum absolute atomic E-state index is 12.4. The molecule has 27 heavy (non-hydrogen) atoms. The lowest BCUT2D eigenvalue weighted by atomic mass is 9.97. The van der Waals surface area contributed by atoms with Crippen LogP contribution in [0, 0.1) is 34.6 Å². The summed E-state index contributed by atoms with van der Waals surface area (Å²) in [4.78, 5) is 12.4. The lowest BCUT2D eigenvalue weighted by molar-refractivity contribution is 0.0921. The third kappa shape index (κ3) is 4.48. The maximum Gasteiger partial charge on any atom is 0.287 e. The first-order valence-corrected chi connectivity index (χ1v) is 9.33. The molecule has 0 spiro atoms. The number of benzene rings is 2. The summed E-state index contributed by atoms with van der Waals surface area (Å²) in [6.07, 6.45) is 0.697. The molecule has 0 aliphatic heterocycles. The number of amides is 1. The highest BCUT2D eigenvalue weighted by molar-refractivity contribution is 5.91. The minimum atomic E-state index is -0.183. The van der Waals surface area contributed by atoms with E-state index in [1.165, 1.54) is 33.4 Å². The molecule has 1 heterocycles. The van der Waals surface area contributed by atoms with Crippen molar-refractivity contribution in [3.63, 3.8) is 0 Å². The summed E-state index contributed by atoms with van der Waals surface area (Å²) in [6, 6.07) is 14.2. The first kappa shape index (κ1) is 19.0. The molecule has 1 N–H and O–H groups in total. The molecule has 3 heteroatoms. The van der Waals surface area contributed by atoms with Crippen LogP contribution in [0.2, 0.25) is 0 Å². The van der Waals surface area contributed by atoms with Crippen LogP contribution < -0.4 is 5.32 Å². The van der Waals surface area contributed by atoms with E-state index in [0.29, 0.717) is 18.7 Å². The smallest absolute Gasteiger partial charge is 0.287 e. The van der Waals surface area contributed by atoms with Crippen LogP contribution >= 0.6 is 0 Å². The molecule has 1 amide bonds. The highest BCUT2D eigenvalue weighted by atomic mass is 16.3. The Bertz CT molecular complexity index is 959. The molecule has 0 aliphatic rings. The van der Waals surface area contributed by atoms with Crippen LogP contribution in [-0.4, -0.2) is 5.91 Å². The van der Waals surface area contributed by atoms with Gasteiger partial charge in [-0.2, -0.15) is 0 Å². The Balaban J connectivity index is 1.66. The van der Waals surface area contributed by atoms with Crippen LogP contribution in [0.4, 0.5) is 0 Å². The van der Waals surface area contributed by atoms with Crippen molar-refractivity contribution in [1.29, 1.82) is 0 Å². The van der Waals surface area contributed by atoms with Crippen molar-refractivity contribution in [1.82, 2.24) is 5.32 Å². The predicted molar refractivity (Wildman–Crippen MR) is 109 cm³/mol. The van der Waals surface area contributed by atoms with Gasteiger partial charge in [-0.05, 0) is 80.1 Å². The van der Waals surface area contributed by atoms with Gasteiger partial charge in [-0.25, -0.2) is 0 Å². The van der Waals surface area contributed by atoms with Crippen LogP contribution in [-0.2, 0) is 13.0 Å². The van der Waals surface area contributed by atoms with Crippen LogP contribution in [0.25, 0.3) is 0 Å². The first-order valence-electron chi connectivity index (χ1n) is 9.33. The number of carbonyl (C=O) groups excluding carboxylic acids is 1. The second-order valence-electron chi connectivity index (χ2n) is 7.42. The second-order valence-corrected chi connectivity index (χ2v) is 7.42. The lowest BCUT2D eigenvalue weighted by Crippen LogP contribution is -2.22. The topological polar surface area (TPSA) is 42.2 Å². The zero-order chi connectivity index (χ0) is 19.6. The average molecular weight is 361 g/mol. The molecule has 0 aliphatic carbocycles. The predicted octanol–water partition coefficient (Wildman–Crippen LogP) is 5.34. The maximum atomic E-state index is 12.4. The van der Waals surface area contributed by atoms with Gasteiger partial charge in [0.1, 0.15) is 5.76 Å². The Morgan fingerprint density at radius 3 is 2.22 bits per heavy atom. The van der Waals surface area contributed by atoms with Crippen LogP contribution in [0.15, 0.2) is 46.9 Å². The fraction of sp³-hybridized carbons (Fsp3) is 0.292. The Morgan fingerprint density at radius 1 is 0.852 bits per heavy atom. The average Bonchev–Trinajstić information content (AvgIpc) is 3.07. The summed E-state index contributed by atoms with van der Waals surface area (Å²) >= 11 is 0. The number of furan rings is 1. The van der Waals surface area contributed by atoms with Crippen LogP contribution in [0.1, 0.15) is 55.3 Å². The number of aryl methyl sites for hydroxylation is 5. The summed E-state index contributed by atoms with van der Waals surface area (Å²) in [5.74, 6) is 0.981. The van der Waals surface area contributed by atoms with Gasteiger partial charge in [0, 0.05) is 13.0 Å². The van der Waals surface area contributed by atoms with Gasteiger partial charge in [0.15, 0.2) is 5.76 Å². The van der Waals surface area contributed by atoms with Crippen molar-refractivity contribution < 1.29 is 9.21 Å². The Labute approximate surface area is 161 Å². The SMILES string of the molecule is Cc1cc(C)c(Cc2ccc(C(=O)NCc3ccc(C)c(C)c3)o2)c(C)c1. The highest BCUT2D eigenvalue weighted by Crippen LogP contribution is 2.21. The van der Waals surface area contributed by atoms with Gasteiger partial charge in [0.25, 0.3) is 5.91 Å². The molecular formula is C24H27NO2. The molecule has 0 atom stereocenters. The van der Waals surface area contributed by atoms with E-state index >= 15 is 0 Å². The van der Waals surface area contributed by atoms with Crippen LogP contribution in [0.3, 0.4) is 0 Å². The summed E-state index contributed by atoms with van der Waals surface area (Å²) in [6.45, 7) is 11.0. The van der Waals surface area contributed by atoms with Gasteiger partial charge in [-0.3, -0.25) is 4.79 Å². The lowest BCUT2D eigenvalue weighted by Gasteiger charge is -2.10. The van der Waals surface area contributed by atoms with Crippen molar-refractivity contribution in [2.24, 2.45) is 0 Å². The molecular weight excluding hydrogens is 334 g/mol. The van der Waals surface area contributed by atoms with E-state index in [2.05, 4.69) is 64.2 Å². The van der Waals surface area contributed by atoms with Crippen molar-refractivity contribution in [2.75, 3.05) is 0 Å². The first-order chi connectivity index (χ1) is 12.8. The zero-order valence-electron chi connectivity index (χ0n) is 16.8. The highest BCUT2D eigenvalue weighted by Gasteiger charge is 2.13. The summed E-state index contributed by atoms with van der Waals surface area (Å²) in [5.41, 5.74) is 8.60. The van der Waals surface area contributed by atoms with E-state index < -0.39 is 0 Å². The van der Waals surface area contributed by atoms with E-state index in [0.717, 1.165) is 11.3 Å². The van der Waals surface area contributed by atoms with Gasteiger partial charge in [0.05, 0.1) is 0 Å². The van der Waals surface area contributed by atoms with E-state index in [1.54, 1.807) is 6.07 Å². The number of hydrogen-bond acceptors (Lipinski definition) is 2. The molecule has 2 aromatic carbocycles. The van der Waals surface area contributed by atoms with Gasteiger partial charge < -0.3 is 9.73 Å². The second kappa shape index (κ2) is 7.83. The monoisotopic (exact) mass is 361 g/mol. The third-order valence-corrected chi connectivity index (χ3v) is 5.10.